The maximum absolute atomic E-state index is 13.7. The Bertz CT molecular complexity index is 499. The molecule has 1 amide bonds. The van der Waals surface area contributed by atoms with Crippen LogP contribution in [0.1, 0.15) is 24.2 Å². The largest absolute Gasteiger partial charge is 0.394 e. The number of carbonyl (C=O) groups is 1. The van der Waals surface area contributed by atoms with Gasteiger partial charge in [0, 0.05) is 13.1 Å². The number of amides is 1. The Hall–Kier alpha value is -1.53. The summed E-state index contributed by atoms with van der Waals surface area (Å²) in [5.41, 5.74) is -1.25. The zero-order chi connectivity index (χ0) is 14.9. The summed E-state index contributed by atoms with van der Waals surface area (Å²) < 4.78 is 32.9. The van der Waals surface area contributed by atoms with Crippen LogP contribution in [0.5, 0.6) is 0 Å². The molecule has 1 atom stereocenters. The second kappa shape index (κ2) is 5.46. The zero-order valence-electron chi connectivity index (χ0n) is 11.4. The minimum absolute atomic E-state index is 0.104. The van der Waals surface area contributed by atoms with Gasteiger partial charge < -0.3 is 14.7 Å². The topological polar surface area (TPSA) is 49.8 Å². The maximum Gasteiger partial charge on any atom is 0.260 e. The molecule has 0 saturated carbocycles. The van der Waals surface area contributed by atoms with E-state index in [1.54, 1.807) is 13.8 Å². The lowest BCUT2D eigenvalue weighted by Crippen LogP contribution is -2.55. The number of aliphatic hydroxyl groups is 1. The molecule has 0 aliphatic carbocycles. The maximum atomic E-state index is 13.7. The summed E-state index contributed by atoms with van der Waals surface area (Å²) in [4.78, 5) is 13.6. The average Bonchev–Trinajstić information content (AvgIpc) is 2.36. The quantitative estimate of drug-likeness (QED) is 0.897. The van der Waals surface area contributed by atoms with E-state index in [0.29, 0.717) is 0 Å². The molecule has 0 radical (unpaired) electrons. The lowest BCUT2D eigenvalue weighted by Gasteiger charge is -2.42. The molecule has 1 aromatic carbocycles. The van der Waals surface area contributed by atoms with Gasteiger partial charge in [-0.3, -0.25) is 4.79 Å². The molecular weight excluding hydrogens is 268 g/mol. The van der Waals surface area contributed by atoms with Crippen molar-refractivity contribution in [2.75, 3.05) is 19.7 Å². The fraction of sp³-hybridized carbons (Fsp3) is 0.500. The van der Waals surface area contributed by atoms with Gasteiger partial charge in [0.1, 0.15) is 17.2 Å². The van der Waals surface area contributed by atoms with Gasteiger partial charge in [-0.1, -0.05) is 6.07 Å². The van der Waals surface area contributed by atoms with Crippen molar-refractivity contribution in [2.24, 2.45) is 0 Å². The molecule has 4 nitrogen and oxygen atoms in total. The highest BCUT2D eigenvalue weighted by atomic mass is 19.1. The van der Waals surface area contributed by atoms with Crippen molar-refractivity contribution < 1.29 is 23.4 Å². The number of halogens is 2. The molecule has 0 bridgehead atoms. The highest BCUT2D eigenvalue weighted by Crippen LogP contribution is 2.24. The first-order valence-corrected chi connectivity index (χ1v) is 6.36. The number of aliphatic hydroxyl groups excluding tert-OH is 1. The molecule has 1 aromatic rings. The van der Waals surface area contributed by atoms with Crippen molar-refractivity contribution in [3.8, 4) is 0 Å². The van der Waals surface area contributed by atoms with Crippen LogP contribution in [0.3, 0.4) is 0 Å². The highest BCUT2D eigenvalue weighted by molar-refractivity contribution is 5.94. The van der Waals surface area contributed by atoms with Crippen molar-refractivity contribution in [1.29, 1.82) is 0 Å². The predicted octanol–water partition coefficient (Wildman–Crippen LogP) is 1.58. The Kier molecular flexibility index (Phi) is 4.06. The molecule has 2 rings (SSSR count). The molecule has 1 fully saturated rings. The average molecular weight is 285 g/mol. The van der Waals surface area contributed by atoms with Crippen LogP contribution in [0.25, 0.3) is 0 Å². The summed E-state index contributed by atoms with van der Waals surface area (Å²) in [6, 6.07) is 3.30. The summed E-state index contributed by atoms with van der Waals surface area (Å²) in [6.45, 7) is 3.56. The molecule has 1 unspecified atom stereocenters. The van der Waals surface area contributed by atoms with E-state index in [1.807, 2.05) is 0 Å². The molecule has 1 aliphatic heterocycles. The first kappa shape index (κ1) is 14.9. The first-order valence-electron chi connectivity index (χ1n) is 6.36. The number of benzene rings is 1. The minimum atomic E-state index is -0.889. The number of ether oxygens (including phenoxy) is 1. The second-order valence-corrected chi connectivity index (χ2v) is 5.46. The van der Waals surface area contributed by atoms with Gasteiger partial charge in [-0.15, -0.1) is 0 Å². The van der Waals surface area contributed by atoms with Gasteiger partial charge in [0.2, 0.25) is 0 Å². The molecule has 0 aromatic heterocycles. The highest BCUT2D eigenvalue weighted by Gasteiger charge is 2.36. The van der Waals surface area contributed by atoms with Crippen LogP contribution in [0.4, 0.5) is 8.78 Å². The molecule has 1 N–H and O–H groups in total. The Morgan fingerprint density at radius 1 is 1.45 bits per heavy atom. The van der Waals surface area contributed by atoms with Gasteiger partial charge in [-0.05, 0) is 26.0 Å². The smallest absolute Gasteiger partial charge is 0.260 e. The number of rotatable bonds is 2. The molecule has 1 saturated heterocycles. The van der Waals surface area contributed by atoms with Crippen LogP contribution in [0, 0.1) is 11.6 Å². The third kappa shape index (κ3) is 2.96. The third-order valence-electron chi connectivity index (χ3n) is 3.15. The van der Waals surface area contributed by atoms with E-state index in [9.17, 15) is 18.7 Å². The fourth-order valence-electron chi connectivity index (χ4n) is 2.41. The van der Waals surface area contributed by atoms with Gasteiger partial charge in [0.05, 0.1) is 18.3 Å². The number of nitrogens with zero attached hydrogens (tertiary/aromatic N) is 1. The monoisotopic (exact) mass is 285 g/mol. The molecule has 1 aliphatic rings. The third-order valence-corrected chi connectivity index (χ3v) is 3.15. The lowest BCUT2D eigenvalue weighted by atomic mass is 10.0. The summed E-state index contributed by atoms with van der Waals surface area (Å²) in [6.07, 6.45) is -0.558. The van der Waals surface area contributed by atoms with Crippen LogP contribution in [0.15, 0.2) is 18.2 Å². The Morgan fingerprint density at radius 2 is 2.05 bits per heavy atom. The first-order chi connectivity index (χ1) is 9.34. The van der Waals surface area contributed by atoms with Crippen LogP contribution in [0.2, 0.25) is 0 Å². The number of carbonyl (C=O) groups excluding carboxylic acids is 1. The summed E-state index contributed by atoms with van der Waals surface area (Å²) in [7, 11) is 0. The van der Waals surface area contributed by atoms with E-state index in [2.05, 4.69) is 0 Å². The van der Waals surface area contributed by atoms with Crippen LogP contribution < -0.4 is 0 Å². The van der Waals surface area contributed by atoms with Gasteiger partial charge in [0.15, 0.2) is 0 Å². The molecule has 0 spiro atoms. The van der Waals surface area contributed by atoms with E-state index in [4.69, 9.17) is 4.74 Å². The fourth-order valence-corrected chi connectivity index (χ4v) is 2.41. The summed E-state index contributed by atoms with van der Waals surface area (Å²) in [5.74, 6) is -2.50. The molecule has 20 heavy (non-hydrogen) atoms. The van der Waals surface area contributed by atoms with E-state index in [1.165, 1.54) is 11.0 Å². The number of hydrogen-bond donors (Lipinski definition) is 1. The van der Waals surface area contributed by atoms with E-state index in [-0.39, 0.29) is 19.7 Å². The number of hydrogen-bond acceptors (Lipinski definition) is 3. The van der Waals surface area contributed by atoms with Gasteiger partial charge >= 0.3 is 0 Å². The molecule has 6 heteroatoms. The Balaban J connectivity index is 2.28. The second-order valence-electron chi connectivity index (χ2n) is 5.46. The SMILES string of the molecule is CC1(C)CN(C(=O)c2c(F)cccc2F)CC(CO)O1. The molecular formula is C14H17F2NO3. The Morgan fingerprint density at radius 3 is 2.60 bits per heavy atom. The van der Waals surface area contributed by atoms with Crippen molar-refractivity contribution in [3.63, 3.8) is 0 Å². The van der Waals surface area contributed by atoms with Crippen LogP contribution in [-0.4, -0.2) is 47.3 Å². The van der Waals surface area contributed by atoms with Gasteiger partial charge in [-0.25, -0.2) is 8.78 Å². The van der Waals surface area contributed by atoms with Crippen molar-refractivity contribution >= 4 is 5.91 Å². The lowest BCUT2D eigenvalue weighted by molar-refractivity contribution is -0.139. The van der Waals surface area contributed by atoms with Gasteiger partial charge in [0.25, 0.3) is 5.91 Å². The summed E-state index contributed by atoms with van der Waals surface area (Å²) >= 11 is 0. The Labute approximate surface area is 116 Å². The van der Waals surface area contributed by atoms with Gasteiger partial charge in [-0.2, -0.15) is 0 Å². The van der Waals surface area contributed by atoms with Crippen LogP contribution in [-0.2, 0) is 4.74 Å². The van der Waals surface area contributed by atoms with Crippen molar-refractivity contribution in [2.45, 2.75) is 25.6 Å². The number of morpholine rings is 1. The van der Waals surface area contributed by atoms with E-state index < -0.39 is 34.8 Å². The van der Waals surface area contributed by atoms with Crippen molar-refractivity contribution in [1.82, 2.24) is 4.90 Å². The van der Waals surface area contributed by atoms with E-state index >= 15 is 0 Å². The molecule has 110 valence electrons. The predicted molar refractivity (Wildman–Crippen MR) is 68.3 cm³/mol. The van der Waals surface area contributed by atoms with Crippen LogP contribution >= 0.6 is 0 Å². The normalized spacial score (nSPS) is 21.9. The standard InChI is InChI=1S/C14H17F2NO3/c1-14(2)8-17(6-9(7-18)20-14)13(19)12-10(15)4-3-5-11(12)16/h3-5,9,18H,6-8H2,1-2H3. The van der Waals surface area contributed by atoms with E-state index in [0.717, 1.165) is 12.1 Å². The summed E-state index contributed by atoms with van der Waals surface area (Å²) in [5, 5.41) is 9.19. The van der Waals surface area contributed by atoms with Crippen molar-refractivity contribution in [3.05, 3.63) is 35.4 Å². The minimum Gasteiger partial charge on any atom is -0.394 e. The zero-order valence-corrected chi connectivity index (χ0v) is 11.4. The molecule has 1 heterocycles.